The predicted molar refractivity (Wildman–Crippen MR) is 129 cm³/mol. The lowest BCUT2D eigenvalue weighted by Gasteiger charge is -2.17. The summed E-state index contributed by atoms with van der Waals surface area (Å²) in [6.07, 6.45) is 0. The minimum atomic E-state index is -1.11. The summed E-state index contributed by atoms with van der Waals surface area (Å²) >= 11 is 0. The number of nitro benzene ring substituents is 1. The number of carbonyl (C=O) groups is 3. The van der Waals surface area contributed by atoms with E-state index >= 15 is 0 Å². The number of hydrogen-bond donors (Lipinski definition) is 5. The Labute approximate surface area is 200 Å². The van der Waals surface area contributed by atoms with Gasteiger partial charge in [-0.05, 0) is 35.4 Å². The van der Waals surface area contributed by atoms with Crippen LogP contribution in [0.4, 0.5) is 11.4 Å². The van der Waals surface area contributed by atoms with Crippen molar-refractivity contribution < 1.29 is 24.4 Å². The first-order valence-electron chi connectivity index (χ1n) is 10.2. The Bertz CT molecular complexity index is 1180. The molecule has 3 aromatic carbocycles. The highest BCUT2D eigenvalue weighted by molar-refractivity contribution is 6.11. The summed E-state index contributed by atoms with van der Waals surface area (Å²) in [5.74, 6) is -2.22. The number of nitrogen functional groups attached to an aromatic ring is 1. The molecular weight excluding hydrogens is 454 g/mol. The molecule has 0 aliphatic rings. The lowest BCUT2D eigenvalue weighted by atomic mass is 9.97. The summed E-state index contributed by atoms with van der Waals surface area (Å²) in [7, 11) is 0. The number of carbonyl (C=O) groups excluding carboxylic acids is 2. The molecule has 1 atom stereocenters. The van der Waals surface area contributed by atoms with E-state index in [0.29, 0.717) is 22.4 Å². The molecule has 180 valence electrons. The molecule has 11 nitrogen and oxygen atoms in total. The summed E-state index contributed by atoms with van der Waals surface area (Å²) in [5.41, 5.74) is 7.56. The van der Waals surface area contributed by atoms with E-state index in [-0.39, 0.29) is 24.5 Å². The number of anilines is 1. The molecule has 35 heavy (non-hydrogen) atoms. The van der Waals surface area contributed by atoms with Gasteiger partial charge in [-0.1, -0.05) is 42.5 Å². The highest BCUT2D eigenvalue weighted by Gasteiger charge is 2.28. The molecule has 0 heterocycles. The molecule has 0 bridgehead atoms. The summed E-state index contributed by atoms with van der Waals surface area (Å²) in [5, 5.41) is 30.5. The van der Waals surface area contributed by atoms with Crippen LogP contribution in [-0.4, -0.2) is 34.2 Å². The van der Waals surface area contributed by atoms with Gasteiger partial charge in [-0.3, -0.25) is 29.9 Å². The molecule has 6 N–H and O–H groups in total. The van der Waals surface area contributed by atoms with Gasteiger partial charge < -0.3 is 21.5 Å². The zero-order chi connectivity index (χ0) is 25.8. The molecule has 0 spiro atoms. The normalized spacial score (nSPS) is 10.6. The van der Waals surface area contributed by atoms with Crippen LogP contribution in [0.15, 0.2) is 78.9 Å². The summed E-state index contributed by atoms with van der Waals surface area (Å²) in [6, 6.07) is 20.9. The van der Waals surface area contributed by atoms with Gasteiger partial charge in [0.15, 0.2) is 0 Å². The number of nitrogens with two attached hydrogens (primary N) is 1. The van der Waals surface area contributed by atoms with Crippen LogP contribution in [0.1, 0.15) is 22.6 Å². The van der Waals surface area contributed by atoms with Crippen molar-refractivity contribution in [2.75, 3.05) is 5.32 Å². The average Bonchev–Trinajstić information content (AvgIpc) is 2.84. The van der Waals surface area contributed by atoms with Crippen LogP contribution < -0.4 is 16.4 Å². The summed E-state index contributed by atoms with van der Waals surface area (Å²) in [4.78, 5) is 44.6. The van der Waals surface area contributed by atoms with E-state index in [0.717, 1.165) is 0 Å². The molecule has 1 unspecified atom stereocenters. The second kappa shape index (κ2) is 12.8. The summed E-state index contributed by atoms with van der Waals surface area (Å²) in [6.45, 7) is -0.138. The molecule has 0 aliphatic heterocycles. The molecular formula is C24H23N5O6. The third kappa shape index (κ3) is 7.79. The van der Waals surface area contributed by atoms with Gasteiger partial charge in [-0.2, -0.15) is 0 Å². The lowest BCUT2D eigenvalue weighted by molar-refractivity contribution is -0.384. The minimum absolute atomic E-state index is 0.0441. The Morgan fingerprint density at radius 3 is 2.09 bits per heavy atom. The van der Waals surface area contributed by atoms with Crippen LogP contribution in [0.2, 0.25) is 0 Å². The van der Waals surface area contributed by atoms with Gasteiger partial charge in [0.25, 0.3) is 12.2 Å². The Kier molecular flexibility index (Phi) is 9.61. The second-order valence-electron chi connectivity index (χ2n) is 7.07. The van der Waals surface area contributed by atoms with Crippen molar-refractivity contribution >= 4 is 35.5 Å². The van der Waals surface area contributed by atoms with Crippen molar-refractivity contribution in [2.24, 2.45) is 5.73 Å². The maximum absolute atomic E-state index is 13.0. The monoisotopic (exact) mass is 477 g/mol. The second-order valence-corrected chi connectivity index (χ2v) is 7.07. The van der Waals surface area contributed by atoms with Gasteiger partial charge in [0.05, 0.1) is 4.92 Å². The lowest BCUT2D eigenvalue weighted by Crippen LogP contribution is -2.36. The quantitative estimate of drug-likeness (QED) is 0.0822. The van der Waals surface area contributed by atoms with Crippen LogP contribution in [0.5, 0.6) is 0 Å². The topological polar surface area (TPSA) is 189 Å². The number of hydrogen-bond acceptors (Lipinski definition) is 6. The van der Waals surface area contributed by atoms with Gasteiger partial charge in [-0.25, -0.2) is 0 Å². The third-order valence-corrected chi connectivity index (χ3v) is 4.73. The van der Waals surface area contributed by atoms with Gasteiger partial charge in [-0.15, -0.1) is 0 Å². The van der Waals surface area contributed by atoms with Gasteiger partial charge >= 0.3 is 0 Å². The Balaban J connectivity index is 0.00000137. The number of non-ortho nitro benzene ring substituents is 1. The Morgan fingerprint density at radius 1 is 1.00 bits per heavy atom. The number of carboxylic acid groups (broad SMARTS) is 1. The van der Waals surface area contributed by atoms with Crippen molar-refractivity contribution in [3.8, 4) is 0 Å². The number of nitrogens with one attached hydrogen (secondary N) is 3. The molecule has 11 heteroatoms. The molecule has 3 rings (SSSR count). The van der Waals surface area contributed by atoms with Crippen LogP contribution >= 0.6 is 0 Å². The maximum Gasteiger partial charge on any atom is 0.290 e. The van der Waals surface area contributed by atoms with Crippen LogP contribution in [-0.2, 0) is 20.9 Å². The largest absolute Gasteiger partial charge is 0.483 e. The number of amides is 2. The Hall–Kier alpha value is -5.06. The van der Waals surface area contributed by atoms with Crippen molar-refractivity contribution in [1.82, 2.24) is 5.32 Å². The molecule has 0 saturated carbocycles. The fourth-order valence-electron chi connectivity index (χ4n) is 3.04. The molecule has 0 aromatic heterocycles. The van der Waals surface area contributed by atoms with E-state index in [1.165, 1.54) is 12.1 Å². The zero-order valence-corrected chi connectivity index (χ0v) is 18.4. The predicted octanol–water partition coefficient (Wildman–Crippen LogP) is 2.62. The van der Waals surface area contributed by atoms with Gasteiger partial charge in [0, 0.05) is 29.9 Å². The van der Waals surface area contributed by atoms with Crippen molar-refractivity contribution in [3.05, 3.63) is 106 Å². The standard InChI is InChI=1S/C23H21N5O4.CH2O2/c24-21(25)17-8-10-18(11-9-17)27-23(30)20(16-4-2-1-3-5-16)22(29)26-14-15-6-12-19(13-7-15)28(31)32;2-1-3/h1-13,20H,14H2,(H3,24,25)(H,26,29)(H,27,30);1H,(H,2,3). The fourth-order valence-corrected chi connectivity index (χ4v) is 3.04. The van der Waals surface area contributed by atoms with Crippen LogP contribution in [0.25, 0.3) is 0 Å². The molecule has 0 saturated heterocycles. The number of amidine groups is 1. The number of nitrogens with zero attached hydrogens (tertiary/aromatic N) is 1. The number of nitro groups is 1. The molecule has 0 radical (unpaired) electrons. The zero-order valence-electron chi connectivity index (χ0n) is 18.4. The summed E-state index contributed by atoms with van der Waals surface area (Å²) < 4.78 is 0. The highest BCUT2D eigenvalue weighted by atomic mass is 16.6. The van der Waals surface area contributed by atoms with Crippen LogP contribution in [0, 0.1) is 15.5 Å². The van der Waals surface area contributed by atoms with Crippen molar-refractivity contribution in [2.45, 2.75) is 12.5 Å². The minimum Gasteiger partial charge on any atom is -0.483 e. The van der Waals surface area contributed by atoms with Crippen molar-refractivity contribution in [1.29, 1.82) is 5.41 Å². The molecule has 2 amide bonds. The number of benzene rings is 3. The van der Waals surface area contributed by atoms with Gasteiger partial charge in [0.2, 0.25) is 11.8 Å². The Morgan fingerprint density at radius 2 is 1.57 bits per heavy atom. The molecule has 0 fully saturated rings. The van der Waals surface area contributed by atoms with Gasteiger partial charge in [0.1, 0.15) is 11.8 Å². The number of rotatable bonds is 8. The molecule has 0 aliphatic carbocycles. The van der Waals surface area contributed by atoms with Crippen LogP contribution in [0.3, 0.4) is 0 Å². The maximum atomic E-state index is 13.0. The first kappa shape index (κ1) is 26.2. The van der Waals surface area contributed by atoms with E-state index in [1.54, 1.807) is 66.7 Å². The third-order valence-electron chi connectivity index (χ3n) is 4.73. The van der Waals surface area contributed by atoms with E-state index in [1.807, 2.05) is 0 Å². The van der Waals surface area contributed by atoms with Crippen molar-refractivity contribution in [3.63, 3.8) is 0 Å². The van der Waals surface area contributed by atoms with E-state index in [4.69, 9.17) is 21.0 Å². The molecule has 3 aromatic rings. The SMILES string of the molecule is N=C(N)c1ccc(NC(=O)C(C(=O)NCc2ccc([N+](=O)[O-])cc2)c2ccccc2)cc1.O=CO. The van der Waals surface area contributed by atoms with E-state index in [9.17, 15) is 19.7 Å². The van der Waals surface area contributed by atoms with E-state index < -0.39 is 22.7 Å². The highest BCUT2D eigenvalue weighted by Crippen LogP contribution is 2.20. The first-order valence-corrected chi connectivity index (χ1v) is 10.2. The smallest absolute Gasteiger partial charge is 0.290 e. The average molecular weight is 477 g/mol. The fraction of sp³-hybridized carbons (Fsp3) is 0.0833. The first-order chi connectivity index (χ1) is 16.8. The van der Waals surface area contributed by atoms with E-state index in [2.05, 4.69) is 10.6 Å².